The Kier molecular flexibility index (Phi) is 4.92. The van der Waals surface area contributed by atoms with Gasteiger partial charge >= 0.3 is 5.97 Å². The molecule has 0 amide bonds. The van der Waals surface area contributed by atoms with E-state index in [0.29, 0.717) is 34.9 Å². The summed E-state index contributed by atoms with van der Waals surface area (Å²) in [7, 11) is 3.59. The maximum Gasteiger partial charge on any atom is 0.314 e. The van der Waals surface area contributed by atoms with E-state index in [1.165, 1.54) is 0 Å². The van der Waals surface area contributed by atoms with Gasteiger partial charge in [0.1, 0.15) is 6.10 Å². The summed E-state index contributed by atoms with van der Waals surface area (Å²) >= 11 is 6.26. The molecule has 132 valence electrons. The molecule has 0 radical (unpaired) electrons. The molecule has 1 heterocycles. The van der Waals surface area contributed by atoms with Crippen LogP contribution in [0.1, 0.15) is 37.7 Å². The van der Waals surface area contributed by atoms with Crippen LogP contribution in [0.5, 0.6) is 11.5 Å². The van der Waals surface area contributed by atoms with Gasteiger partial charge in [-0.05, 0) is 26.0 Å². The molecule has 1 saturated heterocycles. The fourth-order valence-corrected chi connectivity index (χ4v) is 4.04. The highest BCUT2D eigenvalue weighted by molar-refractivity contribution is 6.31. The van der Waals surface area contributed by atoms with Crippen LogP contribution in [0, 0.1) is 0 Å². The molecule has 24 heavy (non-hydrogen) atoms. The topological polar surface area (TPSA) is 59.0 Å². The molecule has 6 heteroatoms. The van der Waals surface area contributed by atoms with Gasteiger partial charge in [-0.2, -0.15) is 0 Å². The van der Waals surface area contributed by atoms with E-state index in [1.54, 1.807) is 19.2 Å². The second-order valence-corrected chi connectivity index (χ2v) is 7.33. The van der Waals surface area contributed by atoms with Gasteiger partial charge in [0.25, 0.3) is 0 Å². The highest BCUT2D eigenvalue weighted by Gasteiger charge is 2.45. The van der Waals surface area contributed by atoms with Crippen molar-refractivity contribution < 1.29 is 19.4 Å². The first-order chi connectivity index (χ1) is 11.5. The third-order valence-electron chi connectivity index (χ3n) is 5.19. The van der Waals surface area contributed by atoms with Crippen LogP contribution in [0.25, 0.3) is 0 Å². The van der Waals surface area contributed by atoms with E-state index < -0.39 is 11.4 Å². The van der Waals surface area contributed by atoms with Gasteiger partial charge in [0.15, 0.2) is 11.5 Å². The number of methoxy groups -OCH3 is 1. The Morgan fingerprint density at radius 3 is 2.50 bits per heavy atom. The number of likely N-dealkylation sites (tertiary alicyclic amines) is 1. The van der Waals surface area contributed by atoms with Crippen LogP contribution in [-0.4, -0.2) is 49.3 Å². The Morgan fingerprint density at radius 2 is 1.96 bits per heavy atom. The van der Waals surface area contributed by atoms with E-state index in [2.05, 4.69) is 4.90 Å². The lowest BCUT2D eigenvalue weighted by molar-refractivity contribution is -0.145. The fraction of sp³-hybridized carbons (Fsp3) is 0.611. The van der Waals surface area contributed by atoms with Crippen LogP contribution in [0.4, 0.5) is 0 Å². The second kappa shape index (κ2) is 6.81. The molecule has 3 rings (SSSR count). The number of likely N-dealkylation sites (N-methyl/N-ethyl adjacent to an activating group) is 1. The lowest BCUT2D eigenvalue weighted by atomic mass is 9.69. The van der Waals surface area contributed by atoms with Crippen LogP contribution in [0.15, 0.2) is 12.1 Å². The number of halogens is 1. The third-order valence-corrected chi connectivity index (χ3v) is 5.40. The minimum absolute atomic E-state index is 0.0539. The monoisotopic (exact) mass is 353 g/mol. The Labute approximate surface area is 147 Å². The quantitative estimate of drug-likeness (QED) is 0.879. The van der Waals surface area contributed by atoms with E-state index in [0.717, 1.165) is 32.4 Å². The molecule has 1 N–H and O–H groups in total. The molecule has 0 spiro atoms. The molecule has 0 aromatic heterocycles. The van der Waals surface area contributed by atoms with Gasteiger partial charge in [-0.1, -0.05) is 30.9 Å². The van der Waals surface area contributed by atoms with Gasteiger partial charge in [0, 0.05) is 29.7 Å². The van der Waals surface area contributed by atoms with E-state index in [1.807, 2.05) is 7.05 Å². The van der Waals surface area contributed by atoms with Gasteiger partial charge in [-0.25, -0.2) is 0 Å². The average Bonchev–Trinajstić information content (AvgIpc) is 2.54. The predicted molar refractivity (Wildman–Crippen MR) is 92.3 cm³/mol. The minimum Gasteiger partial charge on any atom is -0.493 e. The summed E-state index contributed by atoms with van der Waals surface area (Å²) in [5.41, 5.74) is -0.282. The molecule has 1 aromatic carbocycles. The molecule has 0 atom stereocenters. The van der Waals surface area contributed by atoms with Crippen LogP contribution in [-0.2, 0) is 10.2 Å². The lowest BCUT2D eigenvalue weighted by Gasteiger charge is -2.39. The summed E-state index contributed by atoms with van der Waals surface area (Å²) in [6.45, 7) is 1.65. The van der Waals surface area contributed by atoms with Crippen molar-refractivity contribution in [3.05, 3.63) is 22.7 Å². The van der Waals surface area contributed by atoms with Crippen molar-refractivity contribution in [2.75, 3.05) is 27.2 Å². The summed E-state index contributed by atoms with van der Waals surface area (Å²) in [4.78, 5) is 14.4. The Balaban J connectivity index is 2.06. The SMILES string of the molecule is COc1cc(Cl)cc(C2(C(=O)O)CCCCC2)c1OC1CN(C)C1. The Hall–Kier alpha value is -1.46. The standard InChI is InChI=1S/C18H24ClNO4/c1-20-10-13(11-20)24-16-14(8-12(19)9-15(16)23-2)18(17(21)22)6-4-3-5-7-18/h8-9,13H,3-7,10-11H2,1-2H3,(H,21,22). The molecule has 0 bridgehead atoms. The highest BCUT2D eigenvalue weighted by atomic mass is 35.5. The summed E-state index contributed by atoms with van der Waals surface area (Å²) in [6.07, 6.45) is 4.12. The number of nitrogens with zero attached hydrogens (tertiary/aromatic N) is 1. The molecular weight excluding hydrogens is 330 g/mol. The Morgan fingerprint density at radius 1 is 1.29 bits per heavy atom. The first-order valence-corrected chi connectivity index (χ1v) is 8.80. The van der Waals surface area contributed by atoms with Gasteiger partial charge in [0.2, 0.25) is 0 Å². The number of aliphatic carboxylic acids is 1. The molecule has 1 aliphatic heterocycles. The molecular formula is C18H24ClNO4. The van der Waals surface area contributed by atoms with Crippen molar-refractivity contribution >= 4 is 17.6 Å². The second-order valence-electron chi connectivity index (χ2n) is 6.89. The number of carbonyl (C=O) groups is 1. The third kappa shape index (κ3) is 3.07. The van der Waals surface area contributed by atoms with Crippen molar-refractivity contribution in [3.8, 4) is 11.5 Å². The number of rotatable bonds is 5. The number of hydrogen-bond donors (Lipinski definition) is 1. The number of carboxylic acid groups (broad SMARTS) is 1. The molecule has 1 aliphatic carbocycles. The van der Waals surface area contributed by atoms with Crippen LogP contribution < -0.4 is 9.47 Å². The highest BCUT2D eigenvalue weighted by Crippen LogP contribution is 2.48. The smallest absolute Gasteiger partial charge is 0.314 e. The number of benzene rings is 1. The first-order valence-electron chi connectivity index (χ1n) is 8.43. The van der Waals surface area contributed by atoms with Crippen molar-refractivity contribution in [2.45, 2.75) is 43.6 Å². The summed E-state index contributed by atoms with van der Waals surface area (Å²) in [6, 6.07) is 3.45. The fourth-order valence-electron chi connectivity index (χ4n) is 3.83. The van der Waals surface area contributed by atoms with Gasteiger partial charge < -0.3 is 14.6 Å². The van der Waals surface area contributed by atoms with Gasteiger partial charge in [-0.3, -0.25) is 9.69 Å². The van der Waals surface area contributed by atoms with Crippen molar-refractivity contribution in [1.82, 2.24) is 4.90 Å². The van der Waals surface area contributed by atoms with Crippen molar-refractivity contribution in [3.63, 3.8) is 0 Å². The van der Waals surface area contributed by atoms with Crippen LogP contribution in [0.3, 0.4) is 0 Å². The Bertz CT molecular complexity index is 622. The van der Waals surface area contributed by atoms with Crippen molar-refractivity contribution in [1.29, 1.82) is 0 Å². The van der Waals surface area contributed by atoms with Crippen LogP contribution >= 0.6 is 11.6 Å². The molecule has 1 aromatic rings. The molecule has 1 saturated carbocycles. The molecule has 2 aliphatic rings. The van der Waals surface area contributed by atoms with E-state index in [9.17, 15) is 9.90 Å². The summed E-state index contributed by atoms with van der Waals surface area (Å²) in [5, 5.41) is 10.5. The molecule has 5 nitrogen and oxygen atoms in total. The molecule has 0 unspecified atom stereocenters. The zero-order valence-electron chi connectivity index (χ0n) is 14.2. The summed E-state index contributed by atoms with van der Waals surface area (Å²) in [5.74, 6) is 0.254. The first kappa shape index (κ1) is 17.4. The van der Waals surface area contributed by atoms with Gasteiger partial charge in [-0.15, -0.1) is 0 Å². The number of hydrogen-bond acceptors (Lipinski definition) is 4. The lowest BCUT2D eigenvalue weighted by Crippen LogP contribution is -2.51. The summed E-state index contributed by atoms with van der Waals surface area (Å²) < 4.78 is 11.6. The van der Waals surface area contributed by atoms with Crippen LogP contribution in [0.2, 0.25) is 5.02 Å². The largest absolute Gasteiger partial charge is 0.493 e. The zero-order valence-corrected chi connectivity index (χ0v) is 14.9. The maximum absolute atomic E-state index is 12.2. The average molecular weight is 354 g/mol. The van der Waals surface area contributed by atoms with E-state index in [-0.39, 0.29) is 6.10 Å². The maximum atomic E-state index is 12.2. The number of ether oxygens (including phenoxy) is 2. The minimum atomic E-state index is -0.943. The normalized spacial score (nSPS) is 21.1. The van der Waals surface area contributed by atoms with Crippen molar-refractivity contribution in [2.24, 2.45) is 0 Å². The molecule has 2 fully saturated rings. The number of carboxylic acids is 1. The van der Waals surface area contributed by atoms with Gasteiger partial charge in [0.05, 0.1) is 12.5 Å². The van der Waals surface area contributed by atoms with E-state index in [4.69, 9.17) is 21.1 Å². The zero-order chi connectivity index (χ0) is 17.3. The predicted octanol–water partition coefficient (Wildman–Crippen LogP) is 3.33. The van der Waals surface area contributed by atoms with E-state index >= 15 is 0 Å².